The van der Waals surface area contributed by atoms with Crippen LogP contribution in [0.5, 0.6) is 0 Å². The number of hydrogen-bond acceptors (Lipinski definition) is 0. The standard InChI is InChI=1S/C24H23.2ClH.Zr/c1-23(2)20-14-13-19(22(20)24(23,3)4)21-17-11-7-5-9-15(17)16-10-6-8-12-18(16)21;;;/h5-14,21H,1-4H3;2*1H;/q;;;+2/p-2. The molecule has 0 aromatic heterocycles. The number of halogens is 2. The second-order valence-electron chi connectivity index (χ2n) is 8.83. The summed E-state index contributed by atoms with van der Waals surface area (Å²) in [5.74, 6) is 0.399. The Labute approximate surface area is 190 Å². The largest absolute Gasteiger partial charge is 1.00 e. The van der Waals surface area contributed by atoms with Gasteiger partial charge in [-0.25, -0.2) is 0 Å². The van der Waals surface area contributed by atoms with Gasteiger partial charge in [0.25, 0.3) is 0 Å². The summed E-state index contributed by atoms with van der Waals surface area (Å²) >= 11 is 1.63. The van der Waals surface area contributed by atoms with Gasteiger partial charge in [-0.3, -0.25) is 0 Å². The van der Waals surface area contributed by atoms with E-state index in [2.05, 4.69) is 88.4 Å². The van der Waals surface area contributed by atoms with Gasteiger partial charge in [-0.2, -0.15) is 0 Å². The predicted octanol–water partition coefficient (Wildman–Crippen LogP) is 0.445. The zero-order valence-electron chi connectivity index (χ0n) is 16.1. The number of fused-ring (bicyclic) bond motifs is 4. The smallest absolute Gasteiger partial charge is 1.00 e. The molecule has 1 saturated carbocycles. The van der Waals surface area contributed by atoms with E-state index in [1.54, 1.807) is 35.9 Å². The van der Waals surface area contributed by atoms with Crippen molar-refractivity contribution < 1.29 is 49.5 Å². The van der Waals surface area contributed by atoms with Crippen LogP contribution < -0.4 is 24.8 Å². The zero-order chi connectivity index (χ0) is 17.6. The first kappa shape index (κ1) is 21.1. The zero-order valence-corrected chi connectivity index (χ0v) is 20.1. The van der Waals surface area contributed by atoms with Gasteiger partial charge in [0.1, 0.15) is 0 Å². The Morgan fingerprint density at radius 3 is 1.78 bits per heavy atom. The Kier molecular flexibility index (Phi) is 5.04. The minimum atomic E-state index is 0. The van der Waals surface area contributed by atoms with Gasteiger partial charge in [0.2, 0.25) is 0 Å². The SMILES string of the molecule is CC1(C)C2=C(C3c4ccccc4-c4ccccc43)C=C[C]2([Zr+2])C1(C)C.[Cl-].[Cl-]. The van der Waals surface area contributed by atoms with E-state index in [9.17, 15) is 0 Å². The molecule has 27 heavy (non-hydrogen) atoms. The molecule has 5 rings (SSSR count). The topological polar surface area (TPSA) is 0 Å². The molecule has 137 valence electrons. The minimum Gasteiger partial charge on any atom is -1.00 e. The van der Waals surface area contributed by atoms with E-state index in [4.69, 9.17) is 0 Å². The molecule has 0 bridgehead atoms. The van der Waals surface area contributed by atoms with Crippen LogP contribution in [0.1, 0.15) is 44.7 Å². The molecular weight excluding hydrogens is 450 g/mol. The predicted molar refractivity (Wildman–Crippen MR) is 100 cm³/mol. The van der Waals surface area contributed by atoms with Gasteiger partial charge in [0.15, 0.2) is 0 Å². The molecule has 0 heterocycles. The van der Waals surface area contributed by atoms with Crippen molar-refractivity contribution in [1.29, 1.82) is 0 Å². The Morgan fingerprint density at radius 1 is 0.778 bits per heavy atom. The summed E-state index contributed by atoms with van der Waals surface area (Å²) in [6, 6.07) is 18.0. The van der Waals surface area contributed by atoms with Gasteiger partial charge in [0, 0.05) is 0 Å². The maximum Gasteiger partial charge on any atom is -1.00 e. The summed E-state index contributed by atoms with van der Waals surface area (Å²) in [6.07, 6.45) is 4.98. The molecule has 0 spiro atoms. The maximum atomic E-state index is 2.52. The second kappa shape index (κ2) is 6.45. The van der Waals surface area contributed by atoms with Crippen LogP contribution >= 0.6 is 0 Å². The molecular formula is C24H23Cl2Zr. The summed E-state index contributed by atoms with van der Waals surface area (Å²) in [6.45, 7) is 9.80. The molecule has 3 heteroatoms. The third kappa shape index (κ3) is 2.32. The van der Waals surface area contributed by atoms with Gasteiger partial charge in [-0.15, -0.1) is 0 Å². The second-order valence-corrected chi connectivity index (χ2v) is 10.8. The summed E-state index contributed by atoms with van der Waals surface area (Å²) in [7, 11) is 0. The molecule has 3 aliphatic carbocycles. The molecule has 2 aromatic carbocycles. The summed E-state index contributed by atoms with van der Waals surface area (Å²) in [5.41, 5.74) is 9.64. The molecule has 1 unspecified atom stereocenters. The Bertz CT molecular complexity index is 938. The number of benzene rings is 2. The third-order valence-corrected chi connectivity index (χ3v) is 10.1. The average molecular weight is 474 g/mol. The van der Waals surface area contributed by atoms with E-state index in [1.165, 1.54) is 22.3 Å². The fourth-order valence-electron chi connectivity index (χ4n) is 5.46. The molecule has 0 radical (unpaired) electrons. The summed E-state index contributed by atoms with van der Waals surface area (Å²) in [5, 5.41) is 0. The Hall–Kier alpha value is -0.617. The average Bonchev–Trinajstić information content (AvgIpc) is 3.10. The number of rotatable bonds is 1. The van der Waals surface area contributed by atoms with E-state index >= 15 is 0 Å². The van der Waals surface area contributed by atoms with Crippen molar-refractivity contribution in [3.05, 3.63) is 83.0 Å². The first-order valence-electron chi connectivity index (χ1n) is 9.18. The van der Waals surface area contributed by atoms with Gasteiger partial charge in [0.05, 0.1) is 0 Å². The monoisotopic (exact) mass is 471 g/mol. The van der Waals surface area contributed by atoms with Crippen molar-refractivity contribution in [1.82, 2.24) is 0 Å². The Morgan fingerprint density at radius 2 is 1.26 bits per heavy atom. The van der Waals surface area contributed by atoms with Crippen molar-refractivity contribution in [2.45, 2.75) is 36.7 Å². The normalized spacial score (nSPS) is 25.7. The van der Waals surface area contributed by atoms with Gasteiger partial charge < -0.3 is 24.8 Å². The molecule has 2 aromatic rings. The molecule has 1 fully saturated rings. The van der Waals surface area contributed by atoms with Crippen molar-refractivity contribution in [3.63, 3.8) is 0 Å². The third-order valence-electron chi connectivity index (χ3n) is 7.51. The van der Waals surface area contributed by atoms with Crippen molar-refractivity contribution in [3.8, 4) is 11.1 Å². The molecule has 0 saturated heterocycles. The van der Waals surface area contributed by atoms with Crippen molar-refractivity contribution >= 4 is 0 Å². The van der Waals surface area contributed by atoms with E-state index in [1.807, 2.05) is 0 Å². The quantitative estimate of drug-likeness (QED) is 0.564. The first-order valence-corrected chi connectivity index (χ1v) is 10.4. The van der Waals surface area contributed by atoms with Gasteiger partial charge in [-0.1, -0.05) is 0 Å². The van der Waals surface area contributed by atoms with Gasteiger partial charge in [-0.05, 0) is 0 Å². The van der Waals surface area contributed by atoms with E-state index in [0.29, 0.717) is 11.3 Å². The fraction of sp³-hybridized carbons (Fsp3) is 0.333. The Balaban J connectivity index is 0.00000105. The van der Waals surface area contributed by atoms with Crippen LogP contribution in [0.2, 0.25) is 3.12 Å². The fourth-order valence-corrected chi connectivity index (χ4v) is 7.55. The van der Waals surface area contributed by atoms with E-state index < -0.39 is 0 Å². The molecule has 3 aliphatic rings. The number of hydrogen-bond donors (Lipinski definition) is 0. The van der Waals surface area contributed by atoms with Crippen LogP contribution in [0.4, 0.5) is 0 Å². The summed E-state index contributed by atoms with van der Waals surface area (Å²) < 4.78 is 0.283. The van der Waals surface area contributed by atoms with Gasteiger partial charge >= 0.3 is 166 Å². The van der Waals surface area contributed by atoms with E-state index in [-0.39, 0.29) is 33.4 Å². The minimum absolute atomic E-state index is 0. The van der Waals surface area contributed by atoms with Crippen LogP contribution in [-0.2, 0) is 24.7 Å². The first-order chi connectivity index (χ1) is 11.8. The molecule has 0 aliphatic heterocycles. The van der Waals surface area contributed by atoms with Crippen molar-refractivity contribution in [2.75, 3.05) is 0 Å². The van der Waals surface area contributed by atoms with Crippen LogP contribution in [-0.4, -0.2) is 0 Å². The molecule has 0 amide bonds. The molecule has 0 N–H and O–H groups in total. The molecule has 1 atom stereocenters. The summed E-state index contributed by atoms with van der Waals surface area (Å²) in [4.78, 5) is 0. The van der Waals surface area contributed by atoms with Crippen LogP contribution in [0, 0.1) is 10.8 Å². The van der Waals surface area contributed by atoms with Crippen LogP contribution in [0.3, 0.4) is 0 Å². The van der Waals surface area contributed by atoms with E-state index in [0.717, 1.165) is 0 Å². The number of allylic oxidation sites excluding steroid dienone is 4. The van der Waals surface area contributed by atoms with Crippen LogP contribution in [0.15, 0.2) is 71.8 Å². The van der Waals surface area contributed by atoms with Crippen molar-refractivity contribution in [2.24, 2.45) is 10.8 Å². The molecule has 0 nitrogen and oxygen atoms in total. The maximum absolute atomic E-state index is 2.52. The van der Waals surface area contributed by atoms with Crippen LogP contribution in [0.25, 0.3) is 11.1 Å².